The number of likely N-dealkylation sites (tertiary alicyclic amines) is 1. The molecule has 3 nitrogen and oxygen atoms in total. The van der Waals surface area contributed by atoms with Gasteiger partial charge in [0.25, 0.3) is 0 Å². The van der Waals surface area contributed by atoms with Crippen LogP contribution in [0, 0.1) is 5.82 Å². The van der Waals surface area contributed by atoms with Crippen molar-refractivity contribution in [3.8, 4) is 0 Å². The third-order valence-corrected chi connectivity index (χ3v) is 4.98. The second-order valence-electron chi connectivity index (χ2n) is 6.31. The summed E-state index contributed by atoms with van der Waals surface area (Å²) >= 11 is 3.31. The van der Waals surface area contributed by atoms with Crippen LogP contribution >= 0.6 is 15.9 Å². The molecule has 1 heterocycles. The van der Waals surface area contributed by atoms with E-state index >= 15 is 0 Å². The van der Waals surface area contributed by atoms with E-state index in [2.05, 4.69) is 34.7 Å². The Labute approximate surface area is 146 Å². The zero-order valence-electron chi connectivity index (χ0n) is 13.9. The molecule has 5 heteroatoms. The van der Waals surface area contributed by atoms with E-state index in [-0.39, 0.29) is 17.8 Å². The standard InChI is InChI=1S/C18H24BrFN2O/c1-13(2)22-10-8-16(9-11-22)21(3)18(23)7-4-14-12-15(19)5-6-17(14)20/h4-7,12-13,16H,8-11H2,1-3H3/b7-4+. The van der Waals surface area contributed by atoms with Gasteiger partial charge >= 0.3 is 0 Å². The number of halogens is 2. The molecule has 1 amide bonds. The Hall–Kier alpha value is -1.20. The van der Waals surface area contributed by atoms with Gasteiger partial charge in [-0.15, -0.1) is 0 Å². The fraction of sp³-hybridized carbons (Fsp3) is 0.500. The smallest absolute Gasteiger partial charge is 0.246 e. The van der Waals surface area contributed by atoms with E-state index in [0.717, 1.165) is 30.4 Å². The van der Waals surface area contributed by atoms with Crippen molar-refractivity contribution < 1.29 is 9.18 Å². The molecule has 0 unspecified atom stereocenters. The van der Waals surface area contributed by atoms with Gasteiger partial charge < -0.3 is 9.80 Å². The highest BCUT2D eigenvalue weighted by molar-refractivity contribution is 9.10. The van der Waals surface area contributed by atoms with E-state index in [4.69, 9.17) is 0 Å². The highest BCUT2D eigenvalue weighted by Crippen LogP contribution is 2.19. The fourth-order valence-electron chi connectivity index (χ4n) is 2.89. The molecule has 0 saturated carbocycles. The number of piperidine rings is 1. The highest BCUT2D eigenvalue weighted by Gasteiger charge is 2.25. The monoisotopic (exact) mass is 382 g/mol. The van der Waals surface area contributed by atoms with Crippen LogP contribution in [-0.2, 0) is 4.79 Å². The first-order chi connectivity index (χ1) is 10.9. The molecule has 0 N–H and O–H groups in total. The lowest BCUT2D eigenvalue weighted by molar-refractivity contribution is -0.127. The van der Waals surface area contributed by atoms with Gasteiger partial charge in [-0.3, -0.25) is 4.79 Å². The number of rotatable bonds is 4. The first kappa shape index (κ1) is 18.1. The molecule has 0 radical (unpaired) electrons. The minimum absolute atomic E-state index is 0.0765. The Morgan fingerprint density at radius 3 is 2.65 bits per heavy atom. The van der Waals surface area contributed by atoms with E-state index in [0.29, 0.717) is 11.6 Å². The number of carbonyl (C=O) groups is 1. The number of carbonyl (C=O) groups excluding carboxylic acids is 1. The number of likely N-dealkylation sites (N-methyl/N-ethyl adjacent to an activating group) is 1. The molecule has 1 aliphatic rings. The molecule has 1 aromatic rings. The highest BCUT2D eigenvalue weighted by atomic mass is 79.9. The van der Waals surface area contributed by atoms with Crippen molar-refractivity contribution in [2.45, 2.75) is 38.8 Å². The number of nitrogens with zero attached hydrogens (tertiary/aromatic N) is 2. The normalized spacial score (nSPS) is 17.1. The second kappa shape index (κ2) is 8.06. The molecule has 0 atom stereocenters. The molecule has 2 rings (SSSR count). The quantitative estimate of drug-likeness (QED) is 0.736. The van der Waals surface area contributed by atoms with Gasteiger partial charge in [-0.25, -0.2) is 4.39 Å². The largest absolute Gasteiger partial charge is 0.339 e. The van der Waals surface area contributed by atoms with Crippen LogP contribution in [0.4, 0.5) is 4.39 Å². The summed E-state index contributed by atoms with van der Waals surface area (Å²) in [4.78, 5) is 16.5. The first-order valence-electron chi connectivity index (χ1n) is 8.02. The zero-order valence-corrected chi connectivity index (χ0v) is 15.5. The third kappa shape index (κ3) is 4.88. The van der Waals surface area contributed by atoms with Crippen molar-refractivity contribution in [1.29, 1.82) is 0 Å². The lowest BCUT2D eigenvalue weighted by atomic mass is 10.0. The first-order valence-corrected chi connectivity index (χ1v) is 8.81. The van der Waals surface area contributed by atoms with Crippen LogP contribution in [0.3, 0.4) is 0 Å². The summed E-state index contributed by atoms with van der Waals surface area (Å²) < 4.78 is 14.5. The van der Waals surface area contributed by atoms with Crippen molar-refractivity contribution >= 4 is 27.9 Å². The summed E-state index contributed by atoms with van der Waals surface area (Å²) in [5.74, 6) is -0.405. The summed E-state index contributed by atoms with van der Waals surface area (Å²) in [5.41, 5.74) is 0.413. The second-order valence-corrected chi connectivity index (χ2v) is 7.22. The van der Waals surface area contributed by atoms with Gasteiger partial charge in [0.15, 0.2) is 0 Å². The van der Waals surface area contributed by atoms with Crippen LogP contribution in [0.25, 0.3) is 6.08 Å². The molecule has 1 fully saturated rings. The molecule has 1 aliphatic heterocycles. The number of hydrogen-bond acceptors (Lipinski definition) is 2. The summed E-state index contributed by atoms with van der Waals surface area (Å²) in [6, 6.07) is 5.51. The molecule has 0 aliphatic carbocycles. The van der Waals surface area contributed by atoms with Crippen LogP contribution in [0.15, 0.2) is 28.7 Å². The van der Waals surface area contributed by atoms with Gasteiger partial charge in [-0.05, 0) is 51.0 Å². The molecule has 1 aromatic carbocycles. The Bertz CT molecular complexity index is 580. The maximum atomic E-state index is 13.7. The molecular weight excluding hydrogens is 359 g/mol. The predicted molar refractivity (Wildman–Crippen MR) is 95.6 cm³/mol. The van der Waals surface area contributed by atoms with Crippen LogP contribution in [0.5, 0.6) is 0 Å². The maximum Gasteiger partial charge on any atom is 0.246 e. The van der Waals surface area contributed by atoms with Crippen LogP contribution in [0.2, 0.25) is 0 Å². The van der Waals surface area contributed by atoms with E-state index in [1.165, 1.54) is 12.1 Å². The van der Waals surface area contributed by atoms with Gasteiger partial charge in [-0.2, -0.15) is 0 Å². The molecule has 126 valence electrons. The molecule has 0 spiro atoms. The zero-order chi connectivity index (χ0) is 17.0. The Balaban J connectivity index is 1.95. The Morgan fingerprint density at radius 1 is 1.39 bits per heavy atom. The van der Waals surface area contributed by atoms with E-state index in [9.17, 15) is 9.18 Å². The van der Waals surface area contributed by atoms with Crippen LogP contribution in [0.1, 0.15) is 32.3 Å². The van der Waals surface area contributed by atoms with Crippen molar-refractivity contribution in [2.24, 2.45) is 0 Å². The minimum Gasteiger partial charge on any atom is -0.339 e. The Morgan fingerprint density at radius 2 is 2.04 bits per heavy atom. The van der Waals surface area contributed by atoms with Gasteiger partial charge in [0.1, 0.15) is 5.82 Å². The summed E-state index contributed by atoms with van der Waals surface area (Å²) in [5, 5.41) is 0. The van der Waals surface area contributed by atoms with E-state index < -0.39 is 0 Å². The molecule has 0 aromatic heterocycles. The predicted octanol–water partition coefficient (Wildman–Crippen LogP) is 3.93. The van der Waals surface area contributed by atoms with Crippen molar-refractivity contribution in [3.05, 3.63) is 40.1 Å². The van der Waals surface area contributed by atoms with Gasteiger partial charge in [0.2, 0.25) is 5.91 Å². The SMILES string of the molecule is CC(C)N1CCC(N(C)C(=O)/C=C/c2cc(Br)ccc2F)CC1. The average molecular weight is 383 g/mol. The van der Waals surface area contributed by atoms with E-state index in [1.807, 2.05) is 7.05 Å². The van der Waals surface area contributed by atoms with Gasteiger partial charge in [-0.1, -0.05) is 15.9 Å². The lowest BCUT2D eigenvalue weighted by Gasteiger charge is -2.38. The van der Waals surface area contributed by atoms with Crippen molar-refractivity contribution in [3.63, 3.8) is 0 Å². The van der Waals surface area contributed by atoms with Crippen molar-refractivity contribution in [2.75, 3.05) is 20.1 Å². The number of amides is 1. The minimum atomic E-state index is -0.329. The van der Waals surface area contributed by atoms with Gasteiger partial charge in [0.05, 0.1) is 0 Å². The molecule has 1 saturated heterocycles. The number of benzene rings is 1. The Kier molecular flexibility index (Phi) is 6.36. The van der Waals surface area contributed by atoms with Crippen LogP contribution in [-0.4, -0.2) is 47.9 Å². The maximum absolute atomic E-state index is 13.7. The molecular formula is C18H24BrFN2O. The topological polar surface area (TPSA) is 23.6 Å². The van der Waals surface area contributed by atoms with E-state index in [1.54, 1.807) is 23.1 Å². The average Bonchev–Trinajstić information content (AvgIpc) is 2.54. The fourth-order valence-corrected chi connectivity index (χ4v) is 3.27. The van der Waals surface area contributed by atoms with Crippen molar-refractivity contribution in [1.82, 2.24) is 9.80 Å². The summed E-state index contributed by atoms with van der Waals surface area (Å²) in [6.07, 6.45) is 4.97. The summed E-state index contributed by atoms with van der Waals surface area (Å²) in [7, 11) is 1.83. The lowest BCUT2D eigenvalue weighted by Crippen LogP contribution is -2.47. The van der Waals surface area contributed by atoms with Crippen LogP contribution < -0.4 is 0 Å². The number of hydrogen-bond donors (Lipinski definition) is 0. The molecule has 0 bridgehead atoms. The van der Waals surface area contributed by atoms with Gasteiger partial charge in [0, 0.05) is 48.3 Å². The third-order valence-electron chi connectivity index (χ3n) is 4.49. The molecule has 23 heavy (non-hydrogen) atoms. The summed E-state index contributed by atoms with van der Waals surface area (Å²) in [6.45, 7) is 6.43.